The third-order valence-corrected chi connectivity index (χ3v) is 5.38. The summed E-state index contributed by atoms with van der Waals surface area (Å²) in [6.45, 7) is 0.254. The number of halogens is 1. The number of para-hydroxylation sites is 1. The van der Waals surface area contributed by atoms with E-state index in [1.807, 2.05) is 35.1 Å². The van der Waals surface area contributed by atoms with Crippen LogP contribution in [0.4, 0.5) is 0 Å². The molecule has 0 aliphatic heterocycles. The molecule has 0 amide bonds. The molecule has 0 radical (unpaired) electrons. The van der Waals surface area contributed by atoms with Crippen LogP contribution in [0.15, 0.2) is 30.5 Å². The minimum Gasteiger partial charge on any atom is -0.496 e. The molecule has 0 spiro atoms. The Hall–Kier alpha value is -1.15. The van der Waals surface area contributed by atoms with Crippen molar-refractivity contribution in [1.82, 2.24) is 15.0 Å². The van der Waals surface area contributed by atoms with Gasteiger partial charge >= 0.3 is 0 Å². The molecule has 21 heavy (non-hydrogen) atoms. The number of aliphatic hydroxyl groups excluding tert-OH is 1. The van der Waals surface area contributed by atoms with Crippen molar-refractivity contribution in [3.05, 3.63) is 30.5 Å². The quantitative estimate of drug-likeness (QED) is 0.635. The normalized spacial score (nSPS) is 25.2. The maximum atomic E-state index is 9.33. The number of ether oxygens (including phenoxy) is 1. The van der Waals surface area contributed by atoms with Gasteiger partial charge in [0, 0.05) is 16.1 Å². The van der Waals surface area contributed by atoms with E-state index in [9.17, 15) is 5.11 Å². The van der Waals surface area contributed by atoms with Crippen molar-refractivity contribution in [2.24, 2.45) is 5.92 Å². The van der Waals surface area contributed by atoms with Gasteiger partial charge in [0.15, 0.2) is 0 Å². The van der Waals surface area contributed by atoms with Crippen molar-refractivity contribution in [3.8, 4) is 17.0 Å². The van der Waals surface area contributed by atoms with Crippen molar-refractivity contribution < 1.29 is 9.84 Å². The predicted molar refractivity (Wildman–Crippen MR) is 88.7 cm³/mol. The van der Waals surface area contributed by atoms with Crippen molar-refractivity contribution in [3.63, 3.8) is 0 Å². The van der Waals surface area contributed by atoms with Crippen LogP contribution in [-0.2, 0) is 0 Å². The minimum absolute atomic E-state index is 0.254. The maximum absolute atomic E-state index is 9.33. The van der Waals surface area contributed by atoms with Crippen LogP contribution in [0.25, 0.3) is 11.3 Å². The number of benzene rings is 1. The molecule has 6 heteroatoms. The van der Waals surface area contributed by atoms with Crippen molar-refractivity contribution >= 4 is 22.6 Å². The third kappa shape index (κ3) is 2.91. The molecule has 3 rings (SSSR count). The first kappa shape index (κ1) is 14.8. The summed E-state index contributed by atoms with van der Waals surface area (Å²) in [5, 5.41) is 17.9. The van der Waals surface area contributed by atoms with Gasteiger partial charge in [0.2, 0.25) is 0 Å². The van der Waals surface area contributed by atoms with Crippen LogP contribution in [0.3, 0.4) is 0 Å². The Labute approximate surface area is 137 Å². The van der Waals surface area contributed by atoms with Gasteiger partial charge in [-0.05, 0) is 30.9 Å². The van der Waals surface area contributed by atoms with Gasteiger partial charge < -0.3 is 9.84 Å². The summed E-state index contributed by atoms with van der Waals surface area (Å²) in [5.74, 6) is 1.17. The molecule has 2 aromatic rings. The van der Waals surface area contributed by atoms with Gasteiger partial charge in [-0.3, -0.25) is 0 Å². The summed E-state index contributed by atoms with van der Waals surface area (Å²) in [6.07, 6.45) is 3.97. The first-order chi connectivity index (χ1) is 10.2. The summed E-state index contributed by atoms with van der Waals surface area (Å²) < 4.78 is 7.80. The average Bonchev–Trinajstić information content (AvgIpc) is 3.13. The van der Waals surface area contributed by atoms with E-state index in [1.54, 1.807) is 7.11 Å². The van der Waals surface area contributed by atoms with Crippen molar-refractivity contribution in [2.75, 3.05) is 13.7 Å². The number of alkyl halides is 1. The highest BCUT2D eigenvalue weighted by Crippen LogP contribution is 2.39. The molecule has 1 saturated carbocycles. The van der Waals surface area contributed by atoms with E-state index in [2.05, 4.69) is 32.9 Å². The predicted octanol–water partition coefficient (Wildman–Crippen LogP) is 2.70. The van der Waals surface area contributed by atoms with Crippen LogP contribution < -0.4 is 4.74 Å². The topological polar surface area (TPSA) is 60.2 Å². The number of methoxy groups -OCH3 is 1. The number of hydrogen-bond donors (Lipinski definition) is 1. The first-order valence-corrected chi connectivity index (χ1v) is 8.27. The number of nitrogens with zero attached hydrogens (tertiary/aromatic N) is 3. The number of rotatable bonds is 4. The molecular formula is C15H18IN3O2. The molecule has 1 N–H and O–H groups in total. The van der Waals surface area contributed by atoms with Gasteiger partial charge in [0.25, 0.3) is 0 Å². The molecule has 0 saturated heterocycles. The molecule has 3 atom stereocenters. The molecule has 1 aromatic carbocycles. The van der Waals surface area contributed by atoms with E-state index >= 15 is 0 Å². The van der Waals surface area contributed by atoms with Crippen molar-refractivity contribution in [1.29, 1.82) is 0 Å². The van der Waals surface area contributed by atoms with Gasteiger partial charge in [-0.25, -0.2) is 4.68 Å². The average molecular weight is 399 g/mol. The zero-order chi connectivity index (χ0) is 14.8. The Balaban J connectivity index is 1.87. The fourth-order valence-corrected chi connectivity index (χ4v) is 4.24. The van der Waals surface area contributed by atoms with E-state index in [4.69, 9.17) is 4.74 Å². The fourth-order valence-electron chi connectivity index (χ4n) is 2.90. The lowest BCUT2D eigenvalue weighted by molar-refractivity contribution is 0.225. The summed E-state index contributed by atoms with van der Waals surface area (Å²) in [7, 11) is 1.66. The van der Waals surface area contributed by atoms with Gasteiger partial charge in [-0.15, -0.1) is 5.10 Å². The Kier molecular flexibility index (Phi) is 4.44. The van der Waals surface area contributed by atoms with Crippen LogP contribution in [0, 0.1) is 5.92 Å². The zero-order valence-electron chi connectivity index (χ0n) is 11.8. The van der Waals surface area contributed by atoms with Crippen LogP contribution >= 0.6 is 22.6 Å². The maximum Gasteiger partial charge on any atom is 0.128 e. The zero-order valence-corrected chi connectivity index (χ0v) is 14.0. The highest BCUT2D eigenvalue weighted by Gasteiger charge is 2.34. The SMILES string of the molecule is COc1ccccc1-c1cn([C@H]2C[C@@H](CO)C[C@@H]2I)nn1. The highest BCUT2D eigenvalue weighted by molar-refractivity contribution is 14.1. The van der Waals surface area contributed by atoms with Crippen LogP contribution in [0.2, 0.25) is 0 Å². The second-order valence-electron chi connectivity index (χ2n) is 5.39. The molecule has 1 fully saturated rings. The molecule has 112 valence electrons. The molecule has 0 bridgehead atoms. The molecule has 0 unspecified atom stereocenters. The lowest BCUT2D eigenvalue weighted by atomic mass is 10.1. The molecule has 1 aromatic heterocycles. The second-order valence-corrected chi connectivity index (χ2v) is 6.99. The lowest BCUT2D eigenvalue weighted by Crippen LogP contribution is -2.14. The van der Waals surface area contributed by atoms with E-state index in [1.165, 1.54) is 0 Å². The third-order valence-electron chi connectivity index (χ3n) is 4.04. The minimum atomic E-state index is 0.254. The Bertz CT molecular complexity index is 616. The summed E-state index contributed by atoms with van der Waals surface area (Å²) in [5.41, 5.74) is 1.77. The first-order valence-electron chi connectivity index (χ1n) is 7.03. The van der Waals surface area contributed by atoms with Gasteiger partial charge in [0.05, 0.1) is 19.3 Å². The van der Waals surface area contributed by atoms with E-state index in [0.717, 1.165) is 29.8 Å². The smallest absolute Gasteiger partial charge is 0.128 e. The molecule has 1 heterocycles. The molecular weight excluding hydrogens is 381 g/mol. The Morgan fingerprint density at radius 1 is 1.38 bits per heavy atom. The Morgan fingerprint density at radius 2 is 2.19 bits per heavy atom. The molecule has 1 aliphatic carbocycles. The van der Waals surface area contributed by atoms with Crippen LogP contribution in [-0.4, -0.2) is 37.7 Å². The summed E-state index contributed by atoms with van der Waals surface area (Å²) in [4.78, 5) is 0. The summed E-state index contributed by atoms with van der Waals surface area (Å²) in [6, 6.07) is 8.12. The van der Waals surface area contributed by atoms with Crippen molar-refractivity contribution in [2.45, 2.75) is 22.8 Å². The fraction of sp³-hybridized carbons (Fsp3) is 0.467. The standard InChI is InChI=1S/C15H18IN3O2/c1-21-15-5-3-2-4-11(15)13-8-19(18-17-13)14-7-10(9-20)6-12(14)16/h2-5,8,10,12,14,20H,6-7,9H2,1H3/t10-,12-,14-/m0/s1. The van der Waals surface area contributed by atoms with Gasteiger partial charge in [-0.2, -0.15) is 0 Å². The number of aromatic nitrogens is 3. The monoisotopic (exact) mass is 399 g/mol. The molecule has 5 nitrogen and oxygen atoms in total. The van der Waals surface area contributed by atoms with E-state index in [-0.39, 0.29) is 6.61 Å². The molecule has 1 aliphatic rings. The highest BCUT2D eigenvalue weighted by atomic mass is 127. The van der Waals surface area contributed by atoms with Crippen LogP contribution in [0.5, 0.6) is 5.75 Å². The van der Waals surface area contributed by atoms with E-state index < -0.39 is 0 Å². The summed E-state index contributed by atoms with van der Waals surface area (Å²) >= 11 is 2.45. The van der Waals surface area contributed by atoms with Crippen LogP contribution in [0.1, 0.15) is 18.9 Å². The second kappa shape index (κ2) is 6.31. The van der Waals surface area contributed by atoms with Gasteiger partial charge in [-0.1, -0.05) is 39.9 Å². The van der Waals surface area contributed by atoms with Gasteiger partial charge in [0.1, 0.15) is 11.4 Å². The number of aliphatic hydroxyl groups is 1. The Morgan fingerprint density at radius 3 is 2.90 bits per heavy atom. The lowest BCUT2D eigenvalue weighted by Gasteiger charge is -2.13. The largest absolute Gasteiger partial charge is 0.496 e. The van der Waals surface area contributed by atoms with E-state index in [0.29, 0.717) is 15.9 Å². The number of hydrogen-bond acceptors (Lipinski definition) is 4.